The van der Waals surface area contributed by atoms with E-state index in [0.29, 0.717) is 0 Å². The van der Waals surface area contributed by atoms with Crippen molar-refractivity contribution in [2.45, 2.75) is 31.4 Å². The topological polar surface area (TPSA) is 49.3 Å². The van der Waals surface area contributed by atoms with Gasteiger partial charge in [0.05, 0.1) is 5.69 Å². The van der Waals surface area contributed by atoms with Gasteiger partial charge < -0.3 is 5.11 Å². The van der Waals surface area contributed by atoms with Gasteiger partial charge >= 0.3 is 0 Å². The summed E-state index contributed by atoms with van der Waals surface area (Å²) in [5.41, 5.74) is 1.40. The maximum Gasteiger partial charge on any atom is 0.114 e. The molecule has 0 radical (unpaired) electrons. The first kappa shape index (κ1) is 14.8. The molecule has 2 fully saturated rings. The van der Waals surface area contributed by atoms with Crippen molar-refractivity contribution in [2.75, 3.05) is 13.1 Å². The average Bonchev–Trinajstić information content (AvgIpc) is 2.58. The molecule has 120 valence electrons. The van der Waals surface area contributed by atoms with Gasteiger partial charge in [-0.1, -0.05) is 12.5 Å². The van der Waals surface area contributed by atoms with Gasteiger partial charge in [-0.15, -0.1) is 0 Å². The zero-order valence-corrected chi connectivity index (χ0v) is 13.3. The van der Waals surface area contributed by atoms with Crippen molar-refractivity contribution in [1.29, 1.82) is 0 Å². The fourth-order valence-electron chi connectivity index (χ4n) is 4.44. The van der Waals surface area contributed by atoms with Gasteiger partial charge in [-0.25, -0.2) is 0 Å². The number of rotatable bonds is 3. The zero-order valence-electron chi connectivity index (χ0n) is 13.3. The van der Waals surface area contributed by atoms with Crippen molar-refractivity contribution in [3.63, 3.8) is 0 Å². The second-order valence-corrected chi connectivity index (χ2v) is 6.91. The molecule has 1 N–H and O–H groups in total. The van der Waals surface area contributed by atoms with Crippen LogP contribution in [0.25, 0.3) is 0 Å². The molecule has 0 spiro atoms. The quantitative estimate of drug-likeness (QED) is 0.947. The van der Waals surface area contributed by atoms with Crippen LogP contribution in [0.3, 0.4) is 0 Å². The number of aliphatic hydroxyl groups is 1. The summed E-state index contributed by atoms with van der Waals surface area (Å²) >= 11 is 0. The van der Waals surface area contributed by atoms with Gasteiger partial charge in [0.1, 0.15) is 5.60 Å². The fourth-order valence-corrected chi connectivity index (χ4v) is 4.44. The maximum atomic E-state index is 11.5. The largest absolute Gasteiger partial charge is 0.383 e. The standard InChI is InChI=1S/C19H23N3O/c23-19(18-6-1-2-9-21-18)16-4-3-5-17(19)14-22(13-16)12-15-7-10-20-11-8-15/h1-2,6-11,16-17,23H,3-5,12-14H2/t16-,17-/m0/s1. The Morgan fingerprint density at radius 1 is 1.04 bits per heavy atom. The Balaban J connectivity index is 1.57. The first-order valence-electron chi connectivity index (χ1n) is 8.52. The number of fused-ring (bicyclic) bond motifs is 2. The van der Waals surface area contributed by atoms with Crippen molar-refractivity contribution < 1.29 is 5.11 Å². The van der Waals surface area contributed by atoms with E-state index in [4.69, 9.17) is 0 Å². The molecule has 1 aliphatic heterocycles. The number of piperidine rings is 1. The lowest BCUT2D eigenvalue weighted by Gasteiger charge is -2.52. The van der Waals surface area contributed by atoms with E-state index in [1.165, 1.54) is 12.0 Å². The van der Waals surface area contributed by atoms with Crippen LogP contribution in [0.15, 0.2) is 48.9 Å². The molecule has 2 aromatic heterocycles. The minimum absolute atomic E-state index is 0.270. The molecule has 2 aliphatic rings. The molecule has 2 bridgehead atoms. The number of pyridine rings is 2. The molecule has 1 saturated carbocycles. The lowest BCUT2D eigenvalue weighted by Crippen LogP contribution is -2.58. The highest BCUT2D eigenvalue weighted by molar-refractivity contribution is 5.20. The molecule has 23 heavy (non-hydrogen) atoms. The minimum Gasteiger partial charge on any atom is -0.383 e. The maximum absolute atomic E-state index is 11.5. The Bertz CT molecular complexity index is 632. The highest BCUT2D eigenvalue weighted by Crippen LogP contribution is 2.48. The molecule has 4 rings (SSSR count). The van der Waals surface area contributed by atoms with Gasteiger partial charge in [-0.05, 0) is 42.7 Å². The van der Waals surface area contributed by atoms with Gasteiger partial charge in [0.25, 0.3) is 0 Å². The van der Waals surface area contributed by atoms with Crippen molar-refractivity contribution in [2.24, 2.45) is 11.8 Å². The van der Waals surface area contributed by atoms with Crippen LogP contribution in [0.4, 0.5) is 0 Å². The summed E-state index contributed by atoms with van der Waals surface area (Å²) in [6.07, 6.45) is 8.88. The van der Waals surface area contributed by atoms with E-state index in [1.54, 1.807) is 6.20 Å². The summed E-state index contributed by atoms with van der Waals surface area (Å²) in [7, 11) is 0. The van der Waals surface area contributed by atoms with E-state index in [1.807, 2.05) is 30.6 Å². The van der Waals surface area contributed by atoms with Gasteiger partial charge in [0, 0.05) is 50.1 Å². The van der Waals surface area contributed by atoms with E-state index < -0.39 is 5.60 Å². The number of hydrogen-bond acceptors (Lipinski definition) is 4. The Kier molecular flexibility index (Phi) is 3.87. The van der Waals surface area contributed by atoms with Crippen LogP contribution in [-0.2, 0) is 12.1 Å². The molecule has 2 atom stereocenters. The predicted octanol–water partition coefficient (Wildman–Crippen LogP) is 2.60. The average molecular weight is 309 g/mol. The smallest absolute Gasteiger partial charge is 0.114 e. The molecular formula is C19H23N3O. The molecule has 4 heteroatoms. The highest BCUT2D eigenvalue weighted by atomic mass is 16.3. The summed E-state index contributed by atoms with van der Waals surface area (Å²) < 4.78 is 0. The second kappa shape index (κ2) is 6.02. The van der Waals surface area contributed by atoms with Crippen molar-refractivity contribution >= 4 is 0 Å². The van der Waals surface area contributed by atoms with Gasteiger partial charge in [-0.3, -0.25) is 14.9 Å². The second-order valence-electron chi connectivity index (χ2n) is 6.91. The third kappa shape index (κ3) is 2.66. The molecule has 0 amide bonds. The van der Waals surface area contributed by atoms with Crippen LogP contribution in [-0.4, -0.2) is 33.1 Å². The number of hydrogen-bond donors (Lipinski definition) is 1. The summed E-state index contributed by atoms with van der Waals surface area (Å²) in [6.45, 7) is 2.81. The summed E-state index contributed by atoms with van der Waals surface area (Å²) in [4.78, 5) is 11.1. The van der Waals surface area contributed by atoms with Crippen LogP contribution in [0.5, 0.6) is 0 Å². The van der Waals surface area contributed by atoms with Crippen molar-refractivity contribution in [3.8, 4) is 0 Å². The van der Waals surface area contributed by atoms with Crippen LogP contribution < -0.4 is 0 Å². The van der Waals surface area contributed by atoms with E-state index in [9.17, 15) is 5.11 Å². The third-order valence-electron chi connectivity index (χ3n) is 5.54. The zero-order chi connectivity index (χ0) is 15.7. The van der Waals surface area contributed by atoms with E-state index in [-0.39, 0.29) is 11.8 Å². The minimum atomic E-state index is -0.756. The first-order valence-corrected chi connectivity index (χ1v) is 8.52. The van der Waals surface area contributed by atoms with Crippen LogP contribution in [0.2, 0.25) is 0 Å². The predicted molar refractivity (Wildman–Crippen MR) is 88.5 cm³/mol. The van der Waals surface area contributed by atoms with Crippen LogP contribution >= 0.6 is 0 Å². The van der Waals surface area contributed by atoms with E-state index in [0.717, 1.165) is 38.2 Å². The molecular weight excluding hydrogens is 286 g/mol. The lowest BCUT2D eigenvalue weighted by molar-refractivity contribution is -0.151. The van der Waals surface area contributed by atoms with Gasteiger partial charge in [0.2, 0.25) is 0 Å². The normalized spacial score (nSPS) is 31.0. The summed E-state index contributed by atoms with van der Waals surface area (Å²) in [5.74, 6) is 0.540. The fraction of sp³-hybridized carbons (Fsp3) is 0.474. The molecule has 2 aromatic rings. The van der Waals surface area contributed by atoms with Gasteiger partial charge in [0.15, 0.2) is 0 Å². The Morgan fingerprint density at radius 3 is 2.43 bits per heavy atom. The third-order valence-corrected chi connectivity index (χ3v) is 5.54. The van der Waals surface area contributed by atoms with Crippen LogP contribution in [0, 0.1) is 11.8 Å². The van der Waals surface area contributed by atoms with Crippen molar-refractivity contribution in [1.82, 2.24) is 14.9 Å². The molecule has 0 aromatic carbocycles. The molecule has 4 nitrogen and oxygen atoms in total. The molecule has 3 heterocycles. The molecule has 0 unspecified atom stereocenters. The van der Waals surface area contributed by atoms with E-state index >= 15 is 0 Å². The highest BCUT2D eigenvalue weighted by Gasteiger charge is 2.52. The number of nitrogens with zero attached hydrogens (tertiary/aromatic N) is 3. The SMILES string of the molecule is OC1(c2ccccn2)[C@H]2CCC[C@H]1CN(Cc1ccncc1)C2. The summed E-state index contributed by atoms with van der Waals surface area (Å²) in [6, 6.07) is 10.1. The molecule has 1 saturated heterocycles. The van der Waals surface area contributed by atoms with Gasteiger partial charge in [-0.2, -0.15) is 0 Å². The Labute approximate surface area is 137 Å². The van der Waals surface area contributed by atoms with Crippen molar-refractivity contribution in [3.05, 3.63) is 60.2 Å². The van der Waals surface area contributed by atoms with E-state index in [2.05, 4.69) is 27.0 Å². The molecule has 1 aliphatic carbocycles. The Hall–Kier alpha value is -1.78. The summed E-state index contributed by atoms with van der Waals surface area (Å²) in [5, 5.41) is 11.5. The van der Waals surface area contributed by atoms with Crippen LogP contribution in [0.1, 0.15) is 30.5 Å². The first-order chi connectivity index (χ1) is 11.3. The lowest BCUT2D eigenvalue weighted by atomic mass is 9.64. The monoisotopic (exact) mass is 309 g/mol. The number of aromatic nitrogens is 2. The number of likely N-dealkylation sites (tertiary alicyclic amines) is 1. The Morgan fingerprint density at radius 2 is 1.78 bits per heavy atom.